The number of nitrogens with one attached hydrogen (secondary N) is 1. The van der Waals surface area contributed by atoms with Gasteiger partial charge in [0.15, 0.2) is 0 Å². The Morgan fingerprint density at radius 2 is 1.76 bits per heavy atom. The smallest absolute Gasteiger partial charge is 0.410 e. The summed E-state index contributed by atoms with van der Waals surface area (Å²) in [5.74, 6) is -0.448. The monoisotopic (exact) mass is 479 g/mol. The van der Waals surface area contributed by atoms with E-state index in [9.17, 15) is 18.0 Å². The van der Waals surface area contributed by atoms with Gasteiger partial charge in [-0.25, -0.2) is 13.2 Å². The van der Waals surface area contributed by atoms with E-state index in [4.69, 9.17) is 4.74 Å². The van der Waals surface area contributed by atoms with Gasteiger partial charge in [0, 0.05) is 32.2 Å². The average Bonchev–Trinajstić information content (AvgIpc) is 2.74. The van der Waals surface area contributed by atoms with E-state index in [2.05, 4.69) is 5.32 Å². The van der Waals surface area contributed by atoms with Gasteiger partial charge >= 0.3 is 6.09 Å². The molecule has 2 atom stereocenters. The highest BCUT2D eigenvalue weighted by Gasteiger charge is 2.35. The Kier molecular flexibility index (Phi) is 7.73. The fraction of sp³-hybridized carbons (Fsp3) is 0.667. The normalized spacial score (nSPS) is 22.6. The topological polar surface area (TPSA) is 96.0 Å². The molecule has 0 aliphatic carbocycles. The summed E-state index contributed by atoms with van der Waals surface area (Å²) in [7, 11) is -3.63. The Morgan fingerprint density at radius 1 is 1.06 bits per heavy atom. The number of likely N-dealkylation sites (tertiary alicyclic amines) is 1. The zero-order valence-electron chi connectivity index (χ0n) is 20.4. The molecule has 0 spiro atoms. The summed E-state index contributed by atoms with van der Waals surface area (Å²) in [5, 5.41) is 3.05. The molecule has 0 saturated carbocycles. The van der Waals surface area contributed by atoms with E-state index in [1.54, 1.807) is 17.9 Å². The van der Waals surface area contributed by atoms with Crippen LogP contribution in [-0.4, -0.2) is 67.4 Å². The second kappa shape index (κ2) is 10.0. The van der Waals surface area contributed by atoms with Crippen molar-refractivity contribution in [3.05, 3.63) is 29.3 Å². The molecule has 1 N–H and O–H groups in total. The second-order valence-corrected chi connectivity index (χ2v) is 12.2. The minimum atomic E-state index is -3.63. The molecule has 2 heterocycles. The Hall–Kier alpha value is -2.13. The molecule has 0 unspecified atom stereocenters. The van der Waals surface area contributed by atoms with Crippen LogP contribution in [0.4, 0.5) is 4.79 Å². The van der Waals surface area contributed by atoms with Crippen LogP contribution in [0.25, 0.3) is 0 Å². The van der Waals surface area contributed by atoms with Crippen LogP contribution in [0.3, 0.4) is 0 Å². The van der Waals surface area contributed by atoms with Gasteiger partial charge in [-0.15, -0.1) is 0 Å². The van der Waals surface area contributed by atoms with Crippen molar-refractivity contribution in [2.45, 2.75) is 76.8 Å². The molecule has 2 amide bonds. The molecule has 33 heavy (non-hydrogen) atoms. The third-order valence-electron chi connectivity index (χ3n) is 6.14. The van der Waals surface area contributed by atoms with E-state index < -0.39 is 21.7 Å². The van der Waals surface area contributed by atoms with Gasteiger partial charge in [-0.05, 0) is 77.5 Å². The molecular weight excluding hydrogens is 442 g/mol. The lowest BCUT2D eigenvalue weighted by Crippen LogP contribution is -2.53. The molecule has 2 aliphatic rings. The Balaban J connectivity index is 1.62. The lowest BCUT2D eigenvalue weighted by atomic mass is 9.96. The van der Waals surface area contributed by atoms with E-state index in [0.717, 1.165) is 24.0 Å². The molecule has 0 aromatic heterocycles. The molecule has 9 heteroatoms. The van der Waals surface area contributed by atoms with Crippen LogP contribution in [0, 0.1) is 19.8 Å². The van der Waals surface area contributed by atoms with Crippen LogP contribution in [0.1, 0.15) is 57.6 Å². The summed E-state index contributed by atoms with van der Waals surface area (Å²) in [6.07, 6.45) is 2.44. The van der Waals surface area contributed by atoms with Crippen molar-refractivity contribution in [2.24, 2.45) is 5.92 Å². The van der Waals surface area contributed by atoms with Gasteiger partial charge in [0.25, 0.3) is 0 Å². The van der Waals surface area contributed by atoms with Crippen molar-refractivity contribution < 1.29 is 22.7 Å². The van der Waals surface area contributed by atoms with Crippen LogP contribution in [-0.2, 0) is 19.6 Å². The van der Waals surface area contributed by atoms with E-state index in [0.29, 0.717) is 37.4 Å². The molecule has 2 fully saturated rings. The standard InChI is InChI=1S/C24H37N3O5S/c1-17-10-11-18(2)21(14-17)33(30,31)27-13-7-9-20(16-27)25-22(28)19-8-6-12-26(15-19)23(29)32-24(3,4)5/h10-11,14,19-20H,6-9,12-13,15-16H2,1-5H3,(H,25,28)/t19-,20+/m1/s1. The highest BCUT2D eigenvalue weighted by atomic mass is 32.2. The third-order valence-corrected chi connectivity index (χ3v) is 8.14. The Labute approximate surface area is 197 Å². The predicted molar refractivity (Wildman–Crippen MR) is 126 cm³/mol. The molecule has 0 radical (unpaired) electrons. The van der Waals surface area contributed by atoms with Crippen molar-refractivity contribution in [2.75, 3.05) is 26.2 Å². The van der Waals surface area contributed by atoms with Gasteiger partial charge in [0.05, 0.1) is 10.8 Å². The fourth-order valence-corrected chi connectivity index (χ4v) is 6.24. The molecule has 2 saturated heterocycles. The molecular formula is C24H37N3O5S. The minimum Gasteiger partial charge on any atom is -0.444 e. The average molecular weight is 480 g/mol. The lowest BCUT2D eigenvalue weighted by molar-refractivity contribution is -0.127. The van der Waals surface area contributed by atoms with Gasteiger partial charge in [0.2, 0.25) is 15.9 Å². The number of benzene rings is 1. The van der Waals surface area contributed by atoms with Crippen molar-refractivity contribution in [3.8, 4) is 0 Å². The maximum absolute atomic E-state index is 13.3. The zero-order valence-corrected chi connectivity index (χ0v) is 21.2. The minimum absolute atomic E-state index is 0.126. The highest BCUT2D eigenvalue weighted by molar-refractivity contribution is 7.89. The summed E-state index contributed by atoms with van der Waals surface area (Å²) in [6, 6.07) is 5.19. The van der Waals surface area contributed by atoms with Gasteiger partial charge in [-0.1, -0.05) is 12.1 Å². The third kappa shape index (κ3) is 6.47. The first kappa shape index (κ1) is 25.5. The van der Waals surface area contributed by atoms with Crippen molar-refractivity contribution in [3.63, 3.8) is 0 Å². The number of nitrogens with zero attached hydrogens (tertiary/aromatic N) is 2. The Morgan fingerprint density at radius 3 is 2.45 bits per heavy atom. The highest BCUT2D eigenvalue weighted by Crippen LogP contribution is 2.25. The first-order valence-electron chi connectivity index (χ1n) is 11.7. The fourth-order valence-electron chi connectivity index (χ4n) is 4.41. The van der Waals surface area contributed by atoms with Gasteiger partial charge in [0.1, 0.15) is 5.60 Å². The van der Waals surface area contributed by atoms with Crippen molar-refractivity contribution >= 4 is 22.0 Å². The summed E-state index contributed by atoms with van der Waals surface area (Å²) in [6.45, 7) is 10.7. The molecule has 8 nitrogen and oxygen atoms in total. The molecule has 0 bridgehead atoms. The maximum atomic E-state index is 13.3. The summed E-state index contributed by atoms with van der Waals surface area (Å²) in [4.78, 5) is 27.3. The molecule has 2 aliphatic heterocycles. The number of piperidine rings is 2. The number of ether oxygens (including phenoxy) is 1. The number of amides is 2. The van der Waals surface area contributed by atoms with Crippen LogP contribution >= 0.6 is 0 Å². The molecule has 1 aromatic carbocycles. The first-order chi connectivity index (χ1) is 15.4. The summed E-state index contributed by atoms with van der Waals surface area (Å²) < 4.78 is 33.5. The lowest BCUT2D eigenvalue weighted by Gasteiger charge is -2.36. The first-order valence-corrected chi connectivity index (χ1v) is 13.2. The van der Waals surface area contributed by atoms with Crippen LogP contribution in [0.5, 0.6) is 0 Å². The Bertz CT molecular complexity index is 986. The second-order valence-electron chi connectivity index (χ2n) is 10.2. The number of carbonyl (C=O) groups excluding carboxylic acids is 2. The van der Waals surface area contributed by atoms with E-state index in [-0.39, 0.29) is 24.4 Å². The van der Waals surface area contributed by atoms with E-state index in [1.807, 2.05) is 39.8 Å². The summed E-state index contributed by atoms with van der Waals surface area (Å²) >= 11 is 0. The van der Waals surface area contributed by atoms with Crippen LogP contribution < -0.4 is 5.32 Å². The van der Waals surface area contributed by atoms with Crippen molar-refractivity contribution in [1.82, 2.24) is 14.5 Å². The number of rotatable bonds is 4. The quantitative estimate of drug-likeness (QED) is 0.715. The SMILES string of the molecule is Cc1ccc(C)c(S(=O)(=O)N2CCC[C@H](NC(=O)[C@@H]3CCCN(C(=O)OC(C)(C)C)C3)C2)c1. The maximum Gasteiger partial charge on any atom is 0.410 e. The van der Waals surface area contributed by atoms with Gasteiger partial charge < -0.3 is 15.0 Å². The largest absolute Gasteiger partial charge is 0.444 e. The number of aryl methyl sites for hydroxylation is 2. The van der Waals surface area contributed by atoms with E-state index >= 15 is 0 Å². The summed E-state index contributed by atoms with van der Waals surface area (Å²) in [5.41, 5.74) is 1.03. The molecule has 1 aromatic rings. The molecule has 3 rings (SSSR count). The number of hydrogen-bond donors (Lipinski definition) is 1. The zero-order chi connectivity index (χ0) is 24.4. The number of hydrogen-bond acceptors (Lipinski definition) is 5. The van der Waals surface area contributed by atoms with Crippen molar-refractivity contribution in [1.29, 1.82) is 0 Å². The van der Waals surface area contributed by atoms with E-state index in [1.165, 1.54) is 4.31 Å². The number of sulfonamides is 1. The van der Waals surface area contributed by atoms with Crippen LogP contribution in [0.15, 0.2) is 23.1 Å². The number of carbonyl (C=O) groups is 2. The predicted octanol–water partition coefficient (Wildman–Crippen LogP) is 3.22. The van der Waals surface area contributed by atoms with Crippen LogP contribution in [0.2, 0.25) is 0 Å². The van der Waals surface area contributed by atoms with Gasteiger partial charge in [-0.3, -0.25) is 4.79 Å². The molecule has 184 valence electrons. The van der Waals surface area contributed by atoms with Gasteiger partial charge in [-0.2, -0.15) is 4.31 Å².